The summed E-state index contributed by atoms with van der Waals surface area (Å²) in [5.41, 5.74) is -0.473. The maximum Gasteiger partial charge on any atom is 0.407 e. The maximum absolute atomic E-state index is 11.8. The molecule has 0 bridgehead atoms. The van der Waals surface area contributed by atoms with Crippen LogP contribution in [-0.2, 0) is 9.53 Å². The number of para-hydroxylation sites is 1. The van der Waals surface area contributed by atoms with Crippen molar-refractivity contribution in [2.24, 2.45) is 0 Å². The Balaban J connectivity index is 2.12. The minimum absolute atomic E-state index is 0.0456. The molecule has 1 rings (SSSR count). The molecule has 2 amide bonds. The van der Waals surface area contributed by atoms with Crippen LogP contribution in [0.3, 0.4) is 0 Å². The summed E-state index contributed by atoms with van der Waals surface area (Å²) in [5.74, 6) is -1.06. The predicted molar refractivity (Wildman–Crippen MR) is 99.7 cm³/mol. The van der Waals surface area contributed by atoms with E-state index in [1.165, 1.54) is 12.1 Å². The lowest BCUT2D eigenvalue weighted by Crippen LogP contribution is -2.33. The van der Waals surface area contributed by atoms with Crippen LogP contribution in [0, 0.1) is 0 Å². The fourth-order valence-electron chi connectivity index (χ4n) is 2.14. The smallest absolute Gasteiger partial charge is 0.407 e. The van der Waals surface area contributed by atoms with Gasteiger partial charge in [-0.15, -0.1) is 0 Å². The van der Waals surface area contributed by atoms with Gasteiger partial charge in [0.1, 0.15) is 16.9 Å². The van der Waals surface area contributed by atoms with Crippen molar-refractivity contribution in [3.05, 3.63) is 29.8 Å². The minimum Gasteiger partial charge on any atom is -0.478 e. The maximum atomic E-state index is 11.8. The molecular formula is C19H28N2O6. The van der Waals surface area contributed by atoms with Crippen LogP contribution in [0.2, 0.25) is 0 Å². The summed E-state index contributed by atoms with van der Waals surface area (Å²) in [6.45, 7) is 5.80. The fourth-order valence-corrected chi connectivity index (χ4v) is 2.14. The molecule has 0 saturated heterocycles. The van der Waals surface area contributed by atoms with Crippen molar-refractivity contribution < 1.29 is 29.0 Å². The second-order valence-corrected chi connectivity index (χ2v) is 6.93. The molecule has 8 nitrogen and oxygen atoms in total. The zero-order valence-electron chi connectivity index (χ0n) is 16.0. The number of amides is 2. The molecule has 3 N–H and O–H groups in total. The number of nitrogens with one attached hydrogen (secondary N) is 2. The summed E-state index contributed by atoms with van der Waals surface area (Å²) in [5, 5.41) is 14.3. The number of rotatable bonds is 10. The summed E-state index contributed by atoms with van der Waals surface area (Å²) < 4.78 is 10.4. The Morgan fingerprint density at radius 2 is 1.74 bits per heavy atom. The molecule has 27 heavy (non-hydrogen) atoms. The molecule has 0 atom stereocenters. The molecule has 8 heteroatoms. The summed E-state index contributed by atoms with van der Waals surface area (Å²) in [6.07, 6.45) is 2.09. The van der Waals surface area contributed by atoms with E-state index < -0.39 is 17.7 Å². The van der Waals surface area contributed by atoms with Crippen LogP contribution in [0.4, 0.5) is 4.79 Å². The number of alkyl carbamates (subject to hydrolysis) is 1. The number of hydrogen-bond donors (Lipinski definition) is 3. The van der Waals surface area contributed by atoms with E-state index in [2.05, 4.69) is 10.6 Å². The number of carbonyl (C=O) groups excluding carboxylic acids is 2. The van der Waals surface area contributed by atoms with Crippen LogP contribution in [0.15, 0.2) is 24.3 Å². The van der Waals surface area contributed by atoms with E-state index in [-0.39, 0.29) is 24.0 Å². The molecular weight excluding hydrogens is 352 g/mol. The summed E-state index contributed by atoms with van der Waals surface area (Å²) in [4.78, 5) is 34.3. The van der Waals surface area contributed by atoms with Gasteiger partial charge in [-0.2, -0.15) is 0 Å². The lowest BCUT2D eigenvalue weighted by molar-refractivity contribution is -0.122. The predicted octanol–water partition coefficient (Wildman–Crippen LogP) is 2.92. The van der Waals surface area contributed by atoms with Gasteiger partial charge in [0.05, 0.1) is 0 Å². The molecule has 0 aromatic heterocycles. The van der Waals surface area contributed by atoms with Gasteiger partial charge in [0.25, 0.3) is 0 Å². The van der Waals surface area contributed by atoms with Gasteiger partial charge in [-0.25, -0.2) is 9.59 Å². The Bertz CT molecular complexity index is 639. The Kier molecular flexibility index (Phi) is 9.12. The first-order valence-corrected chi connectivity index (χ1v) is 8.88. The van der Waals surface area contributed by atoms with Gasteiger partial charge >= 0.3 is 12.1 Å². The molecule has 0 radical (unpaired) electrons. The van der Waals surface area contributed by atoms with E-state index in [1.807, 2.05) is 0 Å². The molecule has 150 valence electrons. The standard InChI is InChI=1S/C19H28N2O6/c1-19(2,3)27-18(25)20-12-8-4-5-11-16(22)21-13-26-15-10-7-6-9-14(15)17(23)24/h6-7,9-10H,4-5,8,11-13H2,1-3H3,(H,20,25)(H,21,22)(H,23,24). The molecule has 1 aromatic carbocycles. The van der Waals surface area contributed by atoms with Gasteiger partial charge in [0.2, 0.25) is 5.91 Å². The van der Waals surface area contributed by atoms with Crippen molar-refractivity contribution in [1.29, 1.82) is 0 Å². The molecule has 1 aromatic rings. The second-order valence-electron chi connectivity index (χ2n) is 6.93. The number of aromatic carboxylic acids is 1. The number of carboxylic acid groups (broad SMARTS) is 1. The lowest BCUT2D eigenvalue weighted by Gasteiger charge is -2.19. The molecule has 0 fully saturated rings. The highest BCUT2D eigenvalue weighted by Crippen LogP contribution is 2.17. The molecule has 0 aliphatic heterocycles. The number of carbonyl (C=O) groups is 3. The number of benzene rings is 1. The summed E-state index contributed by atoms with van der Waals surface area (Å²) >= 11 is 0. The van der Waals surface area contributed by atoms with Crippen LogP contribution < -0.4 is 15.4 Å². The van der Waals surface area contributed by atoms with Crippen LogP contribution in [-0.4, -0.2) is 42.0 Å². The van der Waals surface area contributed by atoms with E-state index in [1.54, 1.807) is 32.9 Å². The van der Waals surface area contributed by atoms with Gasteiger partial charge in [0, 0.05) is 13.0 Å². The summed E-state index contributed by atoms with van der Waals surface area (Å²) in [7, 11) is 0. The minimum atomic E-state index is -1.09. The van der Waals surface area contributed by atoms with Crippen molar-refractivity contribution in [3.63, 3.8) is 0 Å². The van der Waals surface area contributed by atoms with Crippen LogP contribution in [0.5, 0.6) is 5.75 Å². The first-order valence-electron chi connectivity index (χ1n) is 8.88. The topological polar surface area (TPSA) is 114 Å². The third kappa shape index (κ3) is 10.1. The van der Waals surface area contributed by atoms with E-state index in [0.29, 0.717) is 19.4 Å². The molecule has 0 aliphatic carbocycles. The second kappa shape index (κ2) is 11.1. The van der Waals surface area contributed by atoms with Gasteiger partial charge in [-0.3, -0.25) is 4.79 Å². The average molecular weight is 380 g/mol. The van der Waals surface area contributed by atoms with E-state index in [4.69, 9.17) is 14.6 Å². The Morgan fingerprint density at radius 3 is 2.41 bits per heavy atom. The zero-order chi connectivity index (χ0) is 20.3. The van der Waals surface area contributed by atoms with Gasteiger partial charge < -0.3 is 25.2 Å². The van der Waals surface area contributed by atoms with Crippen molar-refractivity contribution in [3.8, 4) is 5.75 Å². The molecule has 0 unspecified atom stereocenters. The number of ether oxygens (including phenoxy) is 2. The quantitative estimate of drug-likeness (QED) is 0.425. The van der Waals surface area contributed by atoms with Crippen molar-refractivity contribution in [2.75, 3.05) is 13.3 Å². The Morgan fingerprint density at radius 1 is 1.04 bits per heavy atom. The Hall–Kier alpha value is -2.77. The summed E-state index contributed by atoms with van der Waals surface area (Å²) in [6, 6.07) is 6.24. The third-order valence-corrected chi connectivity index (χ3v) is 3.36. The lowest BCUT2D eigenvalue weighted by atomic mass is 10.2. The van der Waals surface area contributed by atoms with Crippen LogP contribution in [0.1, 0.15) is 56.8 Å². The highest BCUT2D eigenvalue weighted by Gasteiger charge is 2.15. The van der Waals surface area contributed by atoms with E-state index in [0.717, 1.165) is 12.8 Å². The van der Waals surface area contributed by atoms with Crippen molar-refractivity contribution >= 4 is 18.0 Å². The highest BCUT2D eigenvalue weighted by molar-refractivity contribution is 5.90. The normalized spacial score (nSPS) is 10.8. The SMILES string of the molecule is CC(C)(C)OC(=O)NCCCCCC(=O)NCOc1ccccc1C(=O)O. The van der Waals surface area contributed by atoms with Gasteiger partial charge in [-0.1, -0.05) is 18.6 Å². The fraction of sp³-hybridized carbons (Fsp3) is 0.526. The highest BCUT2D eigenvalue weighted by atomic mass is 16.6. The molecule has 0 aliphatic rings. The number of carboxylic acids is 1. The monoisotopic (exact) mass is 380 g/mol. The van der Waals surface area contributed by atoms with Crippen LogP contribution >= 0.6 is 0 Å². The van der Waals surface area contributed by atoms with Gasteiger partial charge in [-0.05, 0) is 45.7 Å². The first kappa shape index (κ1) is 22.3. The molecule has 0 spiro atoms. The first-order chi connectivity index (χ1) is 12.7. The Labute approximate surface area is 159 Å². The molecule has 0 heterocycles. The van der Waals surface area contributed by atoms with E-state index >= 15 is 0 Å². The van der Waals surface area contributed by atoms with Crippen LogP contribution in [0.25, 0.3) is 0 Å². The number of hydrogen-bond acceptors (Lipinski definition) is 5. The molecule has 0 saturated carbocycles. The zero-order valence-corrected chi connectivity index (χ0v) is 16.0. The van der Waals surface area contributed by atoms with Gasteiger partial charge in [0.15, 0.2) is 6.73 Å². The van der Waals surface area contributed by atoms with Crippen molar-refractivity contribution in [1.82, 2.24) is 10.6 Å². The van der Waals surface area contributed by atoms with E-state index in [9.17, 15) is 14.4 Å². The number of unbranched alkanes of at least 4 members (excludes halogenated alkanes) is 2. The van der Waals surface area contributed by atoms with Crippen molar-refractivity contribution in [2.45, 2.75) is 52.1 Å². The third-order valence-electron chi connectivity index (χ3n) is 3.36. The average Bonchev–Trinajstić information content (AvgIpc) is 2.56. The largest absolute Gasteiger partial charge is 0.478 e.